The molecule has 0 fully saturated rings. The average Bonchev–Trinajstić information content (AvgIpc) is 2.64. The second-order valence-corrected chi connectivity index (χ2v) is 8.64. The molecule has 0 saturated heterocycles. The van der Waals surface area contributed by atoms with Crippen molar-refractivity contribution in [3.05, 3.63) is 53.1 Å². The molecule has 26 heavy (non-hydrogen) atoms. The van der Waals surface area contributed by atoms with Crippen LogP contribution in [-0.4, -0.2) is 38.0 Å². The second kappa shape index (κ2) is 8.90. The number of nitrogens with one attached hydrogen (secondary N) is 1. The fourth-order valence-corrected chi connectivity index (χ4v) is 4.47. The lowest BCUT2D eigenvalue weighted by Crippen LogP contribution is -2.30. The number of hydrogen-bond donors (Lipinski definition) is 1. The molecule has 1 amide bonds. The molecule has 0 heterocycles. The van der Waals surface area contributed by atoms with Crippen molar-refractivity contribution in [1.29, 1.82) is 0 Å². The van der Waals surface area contributed by atoms with Crippen LogP contribution in [-0.2, 0) is 10.0 Å². The summed E-state index contributed by atoms with van der Waals surface area (Å²) >= 11 is 7.73. The van der Waals surface area contributed by atoms with E-state index in [0.717, 1.165) is 4.90 Å². The number of rotatable bonds is 7. The van der Waals surface area contributed by atoms with Crippen molar-refractivity contribution >= 4 is 45.0 Å². The molecule has 0 aliphatic heterocycles. The van der Waals surface area contributed by atoms with Crippen molar-refractivity contribution < 1.29 is 13.2 Å². The van der Waals surface area contributed by atoms with Crippen LogP contribution in [0.3, 0.4) is 0 Å². The lowest BCUT2D eigenvalue weighted by molar-refractivity contribution is 0.102. The summed E-state index contributed by atoms with van der Waals surface area (Å²) in [5, 5.41) is 2.97. The Bertz CT molecular complexity index is 880. The summed E-state index contributed by atoms with van der Waals surface area (Å²) in [5.41, 5.74) is 0.731. The van der Waals surface area contributed by atoms with Gasteiger partial charge in [0.25, 0.3) is 5.91 Å². The molecular weight excluding hydrogens is 392 g/mol. The van der Waals surface area contributed by atoms with Gasteiger partial charge >= 0.3 is 0 Å². The molecule has 0 spiro atoms. The van der Waals surface area contributed by atoms with Crippen LogP contribution in [0.25, 0.3) is 0 Å². The summed E-state index contributed by atoms with van der Waals surface area (Å²) in [6, 6.07) is 11.4. The van der Waals surface area contributed by atoms with Crippen LogP contribution in [0.4, 0.5) is 5.69 Å². The van der Waals surface area contributed by atoms with Gasteiger partial charge in [0, 0.05) is 23.5 Å². The third kappa shape index (κ3) is 4.59. The van der Waals surface area contributed by atoms with Crippen LogP contribution in [0.1, 0.15) is 24.2 Å². The Morgan fingerprint density at radius 3 is 2.27 bits per heavy atom. The molecule has 0 atom stereocenters. The average molecular weight is 413 g/mol. The zero-order valence-electron chi connectivity index (χ0n) is 14.8. The largest absolute Gasteiger partial charge is 0.321 e. The van der Waals surface area contributed by atoms with Gasteiger partial charge in [0.15, 0.2) is 0 Å². The van der Waals surface area contributed by atoms with Gasteiger partial charge in [-0.1, -0.05) is 25.4 Å². The molecule has 8 heteroatoms. The minimum atomic E-state index is -3.63. The van der Waals surface area contributed by atoms with E-state index in [1.54, 1.807) is 37.7 Å². The first kappa shape index (κ1) is 20.8. The topological polar surface area (TPSA) is 66.5 Å². The number of anilines is 1. The quantitative estimate of drug-likeness (QED) is 0.686. The van der Waals surface area contributed by atoms with Crippen molar-refractivity contribution in [2.24, 2.45) is 0 Å². The number of carbonyl (C=O) groups excluding carboxylic acids is 1. The van der Waals surface area contributed by atoms with E-state index in [4.69, 9.17) is 11.6 Å². The lowest BCUT2D eigenvalue weighted by atomic mass is 10.2. The zero-order valence-corrected chi connectivity index (χ0v) is 17.2. The Morgan fingerprint density at radius 2 is 1.73 bits per heavy atom. The summed E-state index contributed by atoms with van der Waals surface area (Å²) in [4.78, 5) is 13.6. The first-order valence-electron chi connectivity index (χ1n) is 8.08. The number of carbonyl (C=O) groups is 1. The molecule has 0 aliphatic carbocycles. The van der Waals surface area contributed by atoms with Crippen molar-refractivity contribution in [3.63, 3.8) is 0 Å². The molecule has 140 valence electrons. The highest BCUT2D eigenvalue weighted by molar-refractivity contribution is 7.98. The Hall–Kier alpha value is -1.54. The van der Waals surface area contributed by atoms with Gasteiger partial charge in [-0.05, 0) is 48.7 Å². The zero-order chi connectivity index (χ0) is 19.3. The molecular formula is C18H21ClN2O3S2. The fraction of sp³-hybridized carbons (Fsp3) is 0.278. The second-order valence-electron chi connectivity index (χ2n) is 5.41. The minimum absolute atomic E-state index is 0.0960. The van der Waals surface area contributed by atoms with Crippen molar-refractivity contribution in [3.8, 4) is 0 Å². The summed E-state index contributed by atoms with van der Waals surface area (Å²) in [6.07, 6.45) is 1.96. The molecule has 0 bridgehead atoms. The monoisotopic (exact) mass is 412 g/mol. The van der Waals surface area contributed by atoms with E-state index in [1.807, 2.05) is 18.4 Å². The van der Waals surface area contributed by atoms with Crippen LogP contribution < -0.4 is 5.32 Å². The Balaban J connectivity index is 2.31. The van der Waals surface area contributed by atoms with Gasteiger partial charge < -0.3 is 5.32 Å². The summed E-state index contributed by atoms with van der Waals surface area (Å²) in [6.45, 7) is 4.28. The summed E-state index contributed by atoms with van der Waals surface area (Å²) < 4.78 is 26.7. The number of amides is 1. The van der Waals surface area contributed by atoms with Gasteiger partial charge in [-0.25, -0.2) is 8.42 Å². The van der Waals surface area contributed by atoms with E-state index < -0.39 is 10.0 Å². The van der Waals surface area contributed by atoms with Gasteiger partial charge in [-0.15, -0.1) is 11.8 Å². The lowest BCUT2D eigenvalue weighted by Gasteiger charge is -2.19. The van der Waals surface area contributed by atoms with Gasteiger partial charge in [0.2, 0.25) is 10.0 Å². The number of thioether (sulfide) groups is 1. The van der Waals surface area contributed by atoms with Crippen LogP contribution >= 0.6 is 23.4 Å². The van der Waals surface area contributed by atoms with Gasteiger partial charge in [0.05, 0.1) is 15.6 Å². The van der Waals surface area contributed by atoms with Crippen molar-refractivity contribution in [2.75, 3.05) is 24.7 Å². The third-order valence-corrected chi connectivity index (χ3v) is 7.00. The van der Waals surface area contributed by atoms with E-state index in [2.05, 4.69) is 5.32 Å². The number of hydrogen-bond acceptors (Lipinski definition) is 4. The predicted octanol–water partition coefficient (Wildman–Crippen LogP) is 4.34. The minimum Gasteiger partial charge on any atom is -0.321 e. The standard InChI is InChI=1S/C18H21ClN2O3S2/c1-4-21(5-2)26(23,24)15-10-11-16(19)17(12-15)20-18(22)13-6-8-14(25-3)9-7-13/h6-12H,4-5H2,1-3H3,(H,20,22). The van der Waals surface area contributed by atoms with E-state index in [0.29, 0.717) is 18.7 Å². The van der Waals surface area contributed by atoms with E-state index in [-0.39, 0.29) is 21.5 Å². The van der Waals surface area contributed by atoms with E-state index in [1.165, 1.54) is 22.5 Å². The molecule has 2 rings (SSSR count). The maximum Gasteiger partial charge on any atom is 0.255 e. The van der Waals surface area contributed by atoms with Crippen molar-refractivity contribution in [1.82, 2.24) is 4.31 Å². The van der Waals surface area contributed by atoms with Crippen molar-refractivity contribution in [2.45, 2.75) is 23.6 Å². The predicted molar refractivity (Wildman–Crippen MR) is 108 cm³/mol. The first-order chi connectivity index (χ1) is 12.3. The van der Waals surface area contributed by atoms with Gasteiger partial charge in [-0.3, -0.25) is 4.79 Å². The molecule has 5 nitrogen and oxygen atoms in total. The highest BCUT2D eigenvalue weighted by atomic mass is 35.5. The molecule has 2 aromatic rings. The number of benzene rings is 2. The summed E-state index contributed by atoms with van der Waals surface area (Å²) in [7, 11) is -3.63. The normalized spacial score (nSPS) is 11.6. The number of halogens is 1. The first-order valence-corrected chi connectivity index (χ1v) is 11.1. The molecule has 0 aromatic heterocycles. The third-order valence-electron chi connectivity index (χ3n) is 3.88. The van der Waals surface area contributed by atoms with E-state index in [9.17, 15) is 13.2 Å². The summed E-state index contributed by atoms with van der Waals surface area (Å²) in [5.74, 6) is -0.350. The molecule has 0 saturated carbocycles. The maximum atomic E-state index is 12.7. The fourth-order valence-electron chi connectivity index (χ4n) is 2.41. The van der Waals surface area contributed by atoms with Gasteiger partial charge in [0.1, 0.15) is 0 Å². The highest BCUT2D eigenvalue weighted by Gasteiger charge is 2.23. The smallest absolute Gasteiger partial charge is 0.255 e. The Kier molecular flexibility index (Phi) is 7.11. The van der Waals surface area contributed by atoms with E-state index >= 15 is 0 Å². The Labute approximate surface area is 163 Å². The molecule has 0 radical (unpaired) electrons. The Morgan fingerprint density at radius 1 is 1.12 bits per heavy atom. The number of nitrogens with zero attached hydrogens (tertiary/aromatic N) is 1. The maximum absolute atomic E-state index is 12.7. The van der Waals surface area contributed by atoms with Crippen LogP contribution in [0.5, 0.6) is 0 Å². The molecule has 0 unspecified atom stereocenters. The SMILES string of the molecule is CCN(CC)S(=O)(=O)c1ccc(Cl)c(NC(=O)c2ccc(SC)cc2)c1. The van der Waals surface area contributed by atoms with Crippen LogP contribution in [0, 0.1) is 0 Å². The highest BCUT2D eigenvalue weighted by Crippen LogP contribution is 2.27. The van der Waals surface area contributed by atoms with Crippen LogP contribution in [0.15, 0.2) is 52.3 Å². The molecule has 0 aliphatic rings. The molecule has 1 N–H and O–H groups in total. The molecule has 2 aromatic carbocycles. The van der Waals surface area contributed by atoms with Gasteiger partial charge in [-0.2, -0.15) is 4.31 Å². The van der Waals surface area contributed by atoms with Crippen LogP contribution in [0.2, 0.25) is 5.02 Å². The number of sulfonamides is 1.